The Balaban J connectivity index is 1.97. The van der Waals surface area contributed by atoms with Crippen LogP contribution < -0.4 is 0 Å². The normalized spacial score (nSPS) is 45.9. The summed E-state index contributed by atoms with van der Waals surface area (Å²) in [6, 6.07) is 0. The van der Waals surface area contributed by atoms with E-state index in [1.165, 1.54) is 0 Å². The first-order valence-electron chi connectivity index (χ1n) is 6.96. The number of hydrogen-bond acceptors (Lipinski definition) is 3. The largest absolute Gasteiger partial charge is 0.462 e. The standard InChI is InChI=1S/C15H22O3/c1-8-4-9-12(7-18-14(9)17)13(16)11-6-15(2,3)5-10(8)11/h4,8,10-13,16H,5-7H2,1-3H3/t8-,10+,11+,12+,13-/m1/s1. The minimum Gasteiger partial charge on any atom is -0.462 e. The van der Waals surface area contributed by atoms with Crippen LogP contribution in [0.25, 0.3) is 0 Å². The smallest absolute Gasteiger partial charge is 0.334 e. The Morgan fingerprint density at radius 1 is 1.33 bits per heavy atom. The molecular weight excluding hydrogens is 228 g/mol. The van der Waals surface area contributed by atoms with Gasteiger partial charge in [0.05, 0.1) is 12.0 Å². The predicted molar refractivity (Wildman–Crippen MR) is 67.7 cm³/mol. The van der Waals surface area contributed by atoms with Crippen LogP contribution in [0.15, 0.2) is 11.6 Å². The van der Waals surface area contributed by atoms with E-state index in [0.717, 1.165) is 18.4 Å². The van der Waals surface area contributed by atoms with E-state index >= 15 is 0 Å². The van der Waals surface area contributed by atoms with Gasteiger partial charge < -0.3 is 9.84 Å². The molecule has 1 saturated heterocycles. The van der Waals surface area contributed by atoms with Crippen LogP contribution in [0.3, 0.4) is 0 Å². The minimum atomic E-state index is -0.417. The van der Waals surface area contributed by atoms with Crippen molar-refractivity contribution in [3.63, 3.8) is 0 Å². The van der Waals surface area contributed by atoms with Crippen molar-refractivity contribution in [2.24, 2.45) is 29.1 Å². The number of fused-ring (bicyclic) bond motifs is 2. The van der Waals surface area contributed by atoms with Crippen LogP contribution in [0.1, 0.15) is 33.6 Å². The fourth-order valence-corrected chi connectivity index (χ4v) is 4.28. The highest BCUT2D eigenvalue weighted by atomic mass is 16.5. The number of esters is 1. The molecule has 1 heterocycles. The monoisotopic (exact) mass is 250 g/mol. The van der Waals surface area contributed by atoms with E-state index in [2.05, 4.69) is 26.8 Å². The molecular formula is C15H22O3. The van der Waals surface area contributed by atoms with Crippen LogP contribution in [0, 0.1) is 29.1 Å². The summed E-state index contributed by atoms with van der Waals surface area (Å²) in [7, 11) is 0. The van der Waals surface area contributed by atoms with Crippen molar-refractivity contribution in [2.45, 2.75) is 39.7 Å². The zero-order valence-corrected chi connectivity index (χ0v) is 11.3. The van der Waals surface area contributed by atoms with E-state index in [9.17, 15) is 9.90 Å². The summed E-state index contributed by atoms with van der Waals surface area (Å²) < 4.78 is 5.11. The summed E-state index contributed by atoms with van der Waals surface area (Å²) in [6.07, 6.45) is 3.84. The van der Waals surface area contributed by atoms with Crippen molar-refractivity contribution >= 4 is 5.97 Å². The number of carbonyl (C=O) groups is 1. The van der Waals surface area contributed by atoms with Crippen molar-refractivity contribution in [1.29, 1.82) is 0 Å². The first-order chi connectivity index (χ1) is 8.39. The fraction of sp³-hybridized carbons (Fsp3) is 0.800. The zero-order chi connectivity index (χ0) is 13.1. The molecule has 1 aliphatic heterocycles. The van der Waals surface area contributed by atoms with Crippen molar-refractivity contribution in [1.82, 2.24) is 0 Å². The van der Waals surface area contributed by atoms with E-state index in [4.69, 9.17) is 4.74 Å². The maximum Gasteiger partial charge on any atom is 0.334 e. The molecule has 0 spiro atoms. The Bertz CT molecular complexity index is 410. The molecule has 0 amide bonds. The number of cyclic esters (lactones) is 1. The molecule has 2 fully saturated rings. The van der Waals surface area contributed by atoms with Crippen molar-refractivity contribution < 1.29 is 14.6 Å². The molecule has 18 heavy (non-hydrogen) atoms. The lowest BCUT2D eigenvalue weighted by atomic mass is 9.81. The molecule has 3 rings (SSSR count). The number of hydrogen-bond donors (Lipinski definition) is 1. The first-order valence-corrected chi connectivity index (χ1v) is 6.96. The maximum absolute atomic E-state index is 11.7. The Hall–Kier alpha value is -0.830. The predicted octanol–water partition coefficient (Wildman–Crippen LogP) is 2.15. The van der Waals surface area contributed by atoms with Crippen LogP contribution in [0.2, 0.25) is 0 Å². The third-order valence-electron chi connectivity index (χ3n) is 5.12. The maximum atomic E-state index is 11.7. The molecule has 0 aromatic rings. The van der Waals surface area contributed by atoms with Gasteiger partial charge in [0.25, 0.3) is 0 Å². The second-order valence-electron chi connectivity index (χ2n) is 7.08. The van der Waals surface area contributed by atoms with Gasteiger partial charge in [-0.05, 0) is 36.0 Å². The van der Waals surface area contributed by atoms with Gasteiger partial charge in [0.15, 0.2) is 0 Å². The second-order valence-corrected chi connectivity index (χ2v) is 7.08. The van der Waals surface area contributed by atoms with Gasteiger partial charge in [0.2, 0.25) is 0 Å². The summed E-state index contributed by atoms with van der Waals surface area (Å²) in [5.41, 5.74) is 1.03. The summed E-state index contributed by atoms with van der Waals surface area (Å²) in [6.45, 7) is 7.10. The molecule has 3 heteroatoms. The van der Waals surface area contributed by atoms with Crippen molar-refractivity contribution in [2.75, 3.05) is 6.61 Å². The lowest BCUT2D eigenvalue weighted by Crippen LogP contribution is -2.32. The number of aliphatic hydroxyl groups excluding tert-OH is 1. The molecule has 1 saturated carbocycles. The Labute approximate surface area is 108 Å². The molecule has 3 nitrogen and oxygen atoms in total. The highest BCUT2D eigenvalue weighted by Crippen LogP contribution is 2.53. The number of rotatable bonds is 0. The third kappa shape index (κ3) is 1.71. The molecule has 0 bridgehead atoms. The van der Waals surface area contributed by atoms with E-state index in [1.807, 2.05) is 0 Å². The summed E-state index contributed by atoms with van der Waals surface area (Å²) in [5, 5.41) is 10.6. The minimum absolute atomic E-state index is 0.0937. The Morgan fingerprint density at radius 3 is 2.72 bits per heavy atom. The topological polar surface area (TPSA) is 46.5 Å². The van der Waals surface area contributed by atoms with Crippen LogP contribution in [0.5, 0.6) is 0 Å². The SMILES string of the molecule is C[C@@H]1C=C2C(=O)OC[C@@H]2[C@H](O)[C@H]2CC(C)(C)C[C@H]21. The van der Waals surface area contributed by atoms with Gasteiger partial charge in [-0.2, -0.15) is 0 Å². The van der Waals surface area contributed by atoms with E-state index in [-0.39, 0.29) is 11.9 Å². The van der Waals surface area contributed by atoms with E-state index < -0.39 is 6.10 Å². The molecule has 0 aromatic heterocycles. The molecule has 2 aliphatic carbocycles. The van der Waals surface area contributed by atoms with Crippen molar-refractivity contribution in [3.05, 3.63) is 11.6 Å². The van der Waals surface area contributed by atoms with Gasteiger partial charge >= 0.3 is 5.97 Å². The lowest BCUT2D eigenvalue weighted by molar-refractivity contribution is -0.135. The quantitative estimate of drug-likeness (QED) is 0.670. The van der Waals surface area contributed by atoms with E-state index in [0.29, 0.717) is 29.8 Å². The van der Waals surface area contributed by atoms with E-state index in [1.54, 1.807) is 0 Å². The molecule has 0 radical (unpaired) electrons. The summed E-state index contributed by atoms with van der Waals surface area (Å²) in [5.74, 6) is 0.857. The van der Waals surface area contributed by atoms with Gasteiger partial charge in [-0.25, -0.2) is 4.79 Å². The average molecular weight is 250 g/mol. The molecule has 3 aliphatic rings. The molecule has 100 valence electrons. The highest BCUT2D eigenvalue weighted by molar-refractivity contribution is 5.91. The number of allylic oxidation sites excluding steroid dienone is 1. The Morgan fingerprint density at radius 2 is 2.00 bits per heavy atom. The average Bonchev–Trinajstić information content (AvgIpc) is 2.77. The lowest BCUT2D eigenvalue weighted by Gasteiger charge is -2.27. The van der Waals surface area contributed by atoms with Crippen LogP contribution in [0.4, 0.5) is 0 Å². The van der Waals surface area contributed by atoms with Crippen molar-refractivity contribution in [3.8, 4) is 0 Å². The van der Waals surface area contributed by atoms with Gasteiger partial charge in [0, 0.05) is 5.57 Å². The Kier molecular flexibility index (Phi) is 2.60. The fourth-order valence-electron chi connectivity index (χ4n) is 4.28. The van der Waals surface area contributed by atoms with Gasteiger partial charge in [-0.1, -0.05) is 26.8 Å². The molecule has 5 atom stereocenters. The highest BCUT2D eigenvalue weighted by Gasteiger charge is 2.51. The molecule has 0 unspecified atom stereocenters. The zero-order valence-electron chi connectivity index (χ0n) is 11.3. The van der Waals surface area contributed by atoms with Gasteiger partial charge in [-0.15, -0.1) is 0 Å². The van der Waals surface area contributed by atoms with Crippen LogP contribution in [-0.2, 0) is 9.53 Å². The second kappa shape index (κ2) is 3.83. The first kappa shape index (κ1) is 12.2. The van der Waals surface area contributed by atoms with Crippen LogP contribution in [-0.4, -0.2) is 23.8 Å². The van der Waals surface area contributed by atoms with Gasteiger partial charge in [-0.3, -0.25) is 0 Å². The molecule has 1 N–H and O–H groups in total. The third-order valence-corrected chi connectivity index (χ3v) is 5.12. The van der Waals surface area contributed by atoms with Gasteiger partial charge in [0.1, 0.15) is 6.61 Å². The van der Waals surface area contributed by atoms with Crippen LogP contribution >= 0.6 is 0 Å². The summed E-state index contributed by atoms with van der Waals surface area (Å²) >= 11 is 0. The number of ether oxygens (including phenoxy) is 1. The number of aliphatic hydroxyl groups is 1. The number of carbonyl (C=O) groups excluding carboxylic acids is 1. The summed E-state index contributed by atoms with van der Waals surface area (Å²) in [4.78, 5) is 11.7. The molecule has 0 aromatic carbocycles.